The van der Waals surface area contributed by atoms with E-state index in [9.17, 15) is 14.7 Å². The Labute approximate surface area is 156 Å². The summed E-state index contributed by atoms with van der Waals surface area (Å²) in [4.78, 5) is 28.8. The van der Waals surface area contributed by atoms with Crippen LogP contribution in [0, 0.1) is 19.3 Å². The van der Waals surface area contributed by atoms with Gasteiger partial charge in [0.25, 0.3) is 0 Å². The average molecular weight is 358 g/mol. The number of likely N-dealkylation sites (tertiary alicyclic amines) is 2. The molecule has 0 saturated carbocycles. The maximum atomic E-state index is 12.9. The van der Waals surface area contributed by atoms with Crippen LogP contribution in [0.25, 0.3) is 0 Å². The van der Waals surface area contributed by atoms with Crippen molar-refractivity contribution >= 4 is 11.8 Å². The zero-order valence-corrected chi connectivity index (χ0v) is 16.0. The molecule has 1 aromatic rings. The van der Waals surface area contributed by atoms with Gasteiger partial charge in [-0.15, -0.1) is 0 Å². The summed E-state index contributed by atoms with van der Waals surface area (Å²) in [7, 11) is 0. The maximum Gasteiger partial charge on any atom is 0.227 e. The van der Waals surface area contributed by atoms with E-state index in [0.717, 1.165) is 43.5 Å². The second-order valence-corrected chi connectivity index (χ2v) is 8.06. The highest BCUT2D eigenvalue weighted by atomic mass is 16.3. The number of hydrogen-bond donors (Lipinski definition) is 1. The molecule has 0 aromatic heterocycles. The fraction of sp³-hybridized carbons (Fsp3) is 0.619. The molecular weight excluding hydrogens is 328 g/mol. The van der Waals surface area contributed by atoms with E-state index in [1.54, 1.807) is 4.90 Å². The first-order chi connectivity index (χ1) is 12.4. The summed E-state index contributed by atoms with van der Waals surface area (Å²) in [6.45, 7) is 6.70. The molecule has 2 amide bonds. The fourth-order valence-electron chi connectivity index (χ4n) is 4.45. The third kappa shape index (κ3) is 4.09. The van der Waals surface area contributed by atoms with Gasteiger partial charge in [0.1, 0.15) is 0 Å². The number of rotatable bonds is 4. The van der Waals surface area contributed by atoms with Crippen molar-refractivity contribution in [1.29, 1.82) is 0 Å². The van der Waals surface area contributed by atoms with Crippen molar-refractivity contribution in [2.24, 2.45) is 5.41 Å². The molecule has 2 aliphatic heterocycles. The number of β-amino-alcohol motifs (C(OH)–C–C–N with tert-alkyl or cyclic N) is 1. The van der Waals surface area contributed by atoms with Gasteiger partial charge in [-0.2, -0.15) is 0 Å². The molecule has 1 spiro atoms. The van der Waals surface area contributed by atoms with Crippen LogP contribution in [0.4, 0.5) is 0 Å². The van der Waals surface area contributed by atoms with Gasteiger partial charge < -0.3 is 14.9 Å². The van der Waals surface area contributed by atoms with Crippen molar-refractivity contribution in [3.05, 3.63) is 34.9 Å². The number of carbonyl (C=O) groups is 2. The minimum Gasteiger partial charge on any atom is -0.395 e. The molecule has 0 radical (unpaired) electrons. The third-order valence-electron chi connectivity index (χ3n) is 5.98. The maximum absolute atomic E-state index is 12.9. The Hall–Kier alpha value is -1.88. The molecule has 2 saturated heterocycles. The molecule has 0 aliphatic carbocycles. The fourth-order valence-corrected chi connectivity index (χ4v) is 4.45. The smallest absolute Gasteiger partial charge is 0.227 e. The van der Waals surface area contributed by atoms with Gasteiger partial charge in [-0.1, -0.05) is 23.8 Å². The lowest BCUT2D eigenvalue weighted by Gasteiger charge is -2.48. The minimum absolute atomic E-state index is 0.00135. The molecule has 0 bridgehead atoms. The molecular formula is C21H30N2O3. The molecule has 1 aromatic carbocycles. The van der Waals surface area contributed by atoms with Crippen LogP contribution in [-0.2, 0) is 16.0 Å². The molecule has 2 heterocycles. The van der Waals surface area contributed by atoms with Crippen molar-refractivity contribution in [3.8, 4) is 0 Å². The van der Waals surface area contributed by atoms with Crippen molar-refractivity contribution in [1.82, 2.24) is 9.80 Å². The summed E-state index contributed by atoms with van der Waals surface area (Å²) < 4.78 is 0. The van der Waals surface area contributed by atoms with Crippen LogP contribution in [-0.4, -0.2) is 59.5 Å². The number of carbonyl (C=O) groups excluding carboxylic acids is 2. The van der Waals surface area contributed by atoms with Crippen molar-refractivity contribution in [2.45, 2.75) is 46.0 Å². The van der Waals surface area contributed by atoms with Crippen molar-refractivity contribution < 1.29 is 14.7 Å². The molecule has 1 N–H and O–H groups in total. The van der Waals surface area contributed by atoms with E-state index in [0.29, 0.717) is 25.9 Å². The van der Waals surface area contributed by atoms with Gasteiger partial charge in [-0.25, -0.2) is 0 Å². The molecule has 5 nitrogen and oxygen atoms in total. The molecule has 0 unspecified atom stereocenters. The zero-order valence-electron chi connectivity index (χ0n) is 16.0. The SMILES string of the molecule is Cc1ccc(C)c(CC(=O)N2CCC[C@@]3(CCC(=O)N(CCO)C3)C2)c1. The third-order valence-corrected chi connectivity index (χ3v) is 5.98. The van der Waals surface area contributed by atoms with Crippen LogP contribution in [0.15, 0.2) is 18.2 Å². The normalized spacial score (nSPS) is 23.6. The van der Waals surface area contributed by atoms with E-state index >= 15 is 0 Å². The number of aryl methyl sites for hydroxylation is 2. The van der Waals surface area contributed by atoms with Gasteiger partial charge in [0, 0.05) is 38.0 Å². The summed E-state index contributed by atoms with van der Waals surface area (Å²) in [6.07, 6.45) is 3.86. The first-order valence-electron chi connectivity index (χ1n) is 9.65. The van der Waals surface area contributed by atoms with Gasteiger partial charge in [0.2, 0.25) is 11.8 Å². The van der Waals surface area contributed by atoms with E-state index in [2.05, 4.69) is 32.0 Å². The van der Waals surface area contributed by atoms with Crippen LogP contribution in [0.5, 0.6) is 0 Å². The predicted molar refractivity (Wildman–Crippen MR) is 101 cm³/mol. The van der Waals surface area contributed by atoms with Crippen molar-refractivity contribution in [2.75, 3.05) is 32.8 Å². The van der Waals surface area contributed by atoms with Crippen LogP contribution >= 0.6 is 0 Å². The summed E-state index contributed by atoms with van der Waals surface area (Å²) in [6, 6.07) is 6.26. The second-order valence-electron chi connectivity index (χ2n) is 8.06. The van der Waals surface area contributed by atoms with E-state index in [-0.39, 0.29) is 23.8 Å². The lowest BCUT2D eigenvalue weighted by Crippen LogP contribution is -2.55. The number of piperidine rings is 2. The number of benzene rings is 1. The molecule has 2 aliphatic rings. The van der Waals surface area contributed by atoms with E-state index in [4.69, 9.17) is 0 Å². The minimum atomic E-state index is -0.00288. The van der Waals surface area contributed by atoms with Crippen molar-refractivity contribution in [3.63, 3.8) is 0 Å². The molecule has 142 valence electrons. The lowest BCUT2D eigenvalue weighted by molar-refractivity contribution is -0.143. The average Bonchev–Trinajstić information content (AvgIpc) is 2.62. The monoisotopic (exact) mass is 358 g/mol. The second kappa shape index (κ2) is 7.78. The Bertz CT molecular complexity index is 688. The summed E-state index contributed by atoms with van der Waals surface area (Å²) in [5.74, 6) is 0.312. The first kappa shape index (κ1) is 18.9. The highest BCUT2D eigenvalue weighted by Gasteiger charge is 2.42. The number of amides is 2. The van der Waals surface area contributed by atoms with Crippen LogP contribution < -0.4 is 0 Å². The van der Waals surface area contributed by atoms with Crippen LogP contribution in [0.1, 0.15) is 42.4 Å². The molecule has 5 heteroatoms. The topological polar surface area (TPSA) is 60.9 Å². The molecule has 26 heavy (non-hydrogen) atoms. The van der Waals surface area contributed by atoms with E-state index in [1.807, 2.05) is 4.90 Å². The highest BCUT2D eigenvalue weighted by Crippen LogP contribution is 2.39. The number of hydrogen-bond acceptors (Lipinski definition) is 3. The van der Waals surface area contributed by atoms with Crippen LogP contribution in [0.3, 0.4) is 0 Å². The predicted octanol–water partition coefficient (Wildman–Crippen LogP) is 2.07. The standard InChI is InChI=1S/C21H30N2O3/c1-16-4-5-17(2)18(12-16)13-20(26)22-9-3-7-21(14-22)8-6-19(25)23(15-21)10-11-24/h4-5,12,24H,3,6-11,13-15H2,1-2H3/t21-/m1/s1. The van der Waals surface area contributed by atoms with Gasteiger partial charge in [-0.05, 0) is 44.2 Å². The Morgan fingerprint density at radius 1 is 1.23 bits per heavy atom. The summed E-state index contributed by atoms with van der Waals surface area (Å²) in [5, 5.41) is 9.22. The summed E-state index contributed by atoms with van der Waals surface area (Å²) in [5.41, 5.74) is 3.45. The van der Waals surface area contributed by atoms with Gasteiger partial charge in [0.05, 0.1) is 13.0 Å². The first-order valence-corrected chi connectivity index (χ1v) is 9.65. The Morgan fingerprint density at radius 3 is 2.81 bits per heavy atom. The summed E-state index contributed by atoms with van der Waals surface area (Å²) >= 11 is 0. The quantitative estimate of drug-likeness (QED) is 0.896. The number of aliphatic hydroxyl groups is 1. The lowest BCUT2D eigenvalue weighted by atomic mass is 9.73. The van der Waals surface area contributed by atoms with E-state index < -0.39 is 0 Å². The van der Waals surface area contributed by atoms with E-state index in [1.165, 1.54) is 5.56 Å². The molecule has 3 rings (SSSR count). The molecule has 2 fully saturated rings. The highest BCUT2D eigenvalue weighted by molar-refractivity contribution is 5.80. The molecule has 1 atom stereocenters. The van der Waals surface area contributed by atoms with Gasteiger partial charge in [0.15, 0.2) is 0 Å². The number of nitrogens with zero attached hydrogens (tertiary/aromatic N) is 2. The Kier molecular flexibility index (Phi) is 5.66. The number of aliphatic hydroxyl groups excluding tert-OH is 1. The Balaban J connectivity index is 1.68. The van der Waals surface area contributed by atoms with Gasteiger partial charge in [-0.3, -0.25) is 9.59 Å². The Morgan fingerprint density at radius 2 is 2.04 bits per heavy atom. The zero-order chi connectivity index (χ0) is 18.7. The van der Waals surface area contributed by atoms with Gasteiger partial charge >= 0.3 is 0 Å². The van der Waals surface area contributed by atoms with Crippen LogP contribution in [0.2, 0.25) is 0 Å². The largest absolute Gasteiger partial charge is 0.395 e.